The van der Waals surface area contributed by atoms with Gasteiger partial charge in [0.05, 0.1) is 11.7 Å². The first kappa shape index (κ1) is 16.4. The lowest BCUT2D eigenvalue weighted by molar-refractivity contribution is 0.0273. The zero-order valence-corrected chi connectivity index (χ0v) is 13.6. The summed E-state index contributed by atoms with van der Waals surface area (Å²) in [5.41, 5.74) is 0.449. The number of benzene rings is 1. The lowest BCUT2D eigenvalue weighted by Crippen LogP contribution is -2.26. The van der Waals surface area contributed by atoms with Crippen molar-refractivity contribution in [2.45, 2.75) is 44.6 Å². The first-order chi connectivity index (χ1) is 10.2. The van der Waals surface area contributed by atoms with E-state index in [1.807, 2.05) is 0 Å². The Morgan fingerprint density at radius 2 is 2.10 bits per heavy atom. The van der Waals surface area contributed by atoms with Gasteiger partial charge in [0.1, 0.15) is 5.82 Å². The molecular formula is C16H21BrFNO2. The van der Waals surface area contributed by atoms with Crippen molar-refractivity contribution in [1.82, 2.24) is 5.32 Å². The van der Waals surface area contributed by atoms with E-state index < -0.39 is 0 Å². The Balaban J connectivity index is 1.64. The Morgan fingerprint density at radius 1 is 1.33 bits per heavy atom. The maximum absolute atomic E-state index is 13.0. The number of nitrogens with one attached hydrogen (secondary N) is 1. The Kier molecular flexibility index (Phi) is 6.64. The molecule has 21 heavy (non-hydrogen) atoms. The minimum atomic E-state index is -0.362. The van der Waals surface area contributed by atoms with Crippen molar-refractivity contribution in [2.75, 3.05) is 13.2 Å². The monoisotopic (exact) mass is 357 g/mol. The molecule has 1 saturated carbocycles. The normalized spacial score (nSPS) is 15.9. The van der Waals surface area contributed by atoms with E-state index in [9.17, 15) is 9.18 Å². The van der Waals surface area contributed by atoms with Crippen LogP contribution in [0.25, 0.3) is 0 Å². The Hall–Kier alpha value is -0.940. The highest BCUT2D eigenvalue weighted by Gasteiger charge is 2.13. The average Bonchev–Trinajstić information content (AvgIpc) is 2.47. The van der Waals surface area contributed by atoms with Crippen LogP contribution in [0.15, 0.2) is 22.7 Å². The second-order valence-electron chi connectivity index (χ2n) is 5.36. The van der Waals surface area contributed by atoms with Crippen molar-refractivity contribution in [1.29, 1.82) is 0 Å². The van der Waals surface area contributed by atoms with Gasteiger partial charge in [-0.1, -0.05) is 19.3 Å². The molecule has 0 radical (unpaired) electrons. The van der Waals surface area contributed by atoms with E-state index in [0.29, 0.717) is 29.3 Å². The van der Waals surface area contributed by atoms with Gasteiger partial charge >= 0.3 is 0 Å². The van der Waals surface area contributed by atoms with Crippen molar-refractivity contribution in [3.63, 3.8) is 0 Å². The van der Waals surface area contributed by atoms with Crippen LogP contribution in [-0.2, 0) is 4.74 Å². The molecule has 1 aromatic carbocycles. The molecule has 1 fully saturated rings. The third-order valence-corrected chi connectivity index (χ3v) is 4.34. The van der Waals surface area contributed by atoms with E-state index in [4.69, 9.17) is 4.74 Å². The number of amides is 1. The molecule has 0 atom stereocenters. The van der Waals surface area contributed by atoms with Gasteiger partial charge in [0.2, 0.25) is 0 Å². The third kappa shape index (κ3) is 5.40. The number of carbonyl (C=O) groups is 1. The number of hydrogen-bond acceptors (Lipinski definition) is 2. The highest BCUT2D eigenvalue weighted by atomic mass is 79.9. The van der Waals surface area contributed by atoms with Crippen LogP contribution >= 0.6 is 15.9 Å². The summed E-state index contributed by atoms with van der Waals surface area (Å²) in [5, 5.41) is 2.83. The van der Waals surface area contributed by atoms with Crippen molar-refractivity contribution >= 4 is 21.8 Å². The zero-order valence-electron chi connectivity index (χ0n) is 12.0. The largest absolute Gasteiger partial charge is 0.378 e. The summed E-state index contributed by atoms with van der Waals surface area (Å²) in [7, 11) is 0. The van der Waals surface area contributed by atoms with Crippen LogP contribution in [0.3, 0.4) is 0 Å². The summed E-state index contributed by atoms with van der Waals surface area (Å²) >= 11 is 3.20. The van der Waals surface area contributed by atoms with Gasteiger partial charge in [-0.2, -0.15) is 0 Å². The molecule has 3 nitrogen and oxygen atoms in total. The predicted octanol–water partition coefficient (Wildman–Crippen LogP) is 4.06. The predicted molar refractivity (Wildman–Crippen MR) is 83.9 cm³/mol. The van der Waals surface area contributed by atoms with E-state index in [1.54, 1.807) is 0 Å². The molecule has 1 aromatic rings. The Bertz CT molecular complexity index is 475. The number of rotatable bonds is 6. The molecule has 0 heterocycles. The highest BCUT2D eigenvalue weighted by molar-refractivity contribution is 9.10. The van der Waals surface area contributed by atoms with E-state index in [0.717, 1.165) is 19.3 Å². The topological polar surface area (TPSA) is 38.3 Å². The van der Waals surface area contributed by atoms with Crippen LogP contribution in [0, 0.1) is 5.82 Å². The fraction of sp³-hybridized carbons (Fsp3) is 0.562. The molecule has 1 amide bonds. The molecule has 1 N–H and O–H groups in total. The maximum atomic E-state index is 13.0. The van der Waals surface area contributed by atoms with Crippen LogP contribution in [0.4, 0.5) is 4.39 Å². The number of halogens is 2. The Morgan fingerprint density at radius 3 is 2.81 bits per heavy atom. The molecular weight excluding hydrogens is 337 g/mol. The van der Waals surface area contributed by atoms with Crippen LogP contribution in [0.1, 0.15) is 48.9 Å². The molecule has 0 spiro atoms. The van der Waals surface area contributed by atoms with Crippen LogP contribution in [0.2, 0.25) is 0 Å². The van der Waals surface area contributed by atoms with Gasteiger partial charge in [-0.15, -0.1) is 0 Å². The SMILES string of the molecule is O=C(NCCCOC1CCCCC1)c1ccc(F)cc1Br. The average molecular weight is 358 g/mol. The fourth-order valence-electron chi connectivity index (χ4n) is 2.52. The highest BCUT2D eigenvalue weighted by Crippen LogP contribution is 2.20. The molecule has 0 saturated heterocycles. The molecule has 1 aliphatic carbocycles. The van der Waals surface area contributed by atoms with Crippen molar-refractivity contribution in [3.8, 4) is 0 Å². The lowest BCUT2D eigenvalue weighted by Gasteiger charge is -2.21. The zero-order chi connectivity index (χ0) is 15.1. The van der Waals surface area contributed by atoms with Gasteiger partial charge in [-0.3, -0.25) is 4.79 Å². The van der Waals surface area contributed by atoms with Crippen molar-refractivity contribution < 1.29 is 13.9 Å². The molecule has 0 aromatic heterocycles. The van der Waals surface area contributed by atoms with Gasteiger partial charge in [-0.05, 0) is 53.4 Å². The summed E-state index contributed by atoms with van der Waals surface area (Å²) in [4.78, 5) is 11.9. The van der Waals surface area contributed by atoms with Gasteiger partial charge in [0.25, 0.3) is 5.91 Å². The van der Waals surface area contributed by atoms with Crippen molar-refractivity contribution in [2.24, 2.45) is 0 Å². The fourth-order valence-corrected chi connectivity index (χ4v) is 3.06. The number of ether oxygens (including phenoxy) is 1. The molecule has 5 heteroatoms. The van der Waals surface area contributed by atoms with Gasteiger partial charge in [0, 0.05) is 17.6 Å². The number of hydrogen-bond donors (Lipinski definition) is 1. The molecule has 1 aliphatic rings. The Labute approximate surface area is 133 Å². The first-order valence-electron chi connectivity index (χ1n) is 7.51. The van der Waals surface area contributed by atoms with Crippen LogP contribution in [-0.4, -0.2) is 25.2 Å². The van der Waals surface area contributed by atoms with Crippen molar-refractivity contribution in [3.05, 3.63) is 34.1 Å². The quantitative estimate of drug-likeness (QED) is 0.779. The van der Waals surface area contributed by atoms with Crippen LogP contribution in [0.5, 0.6) is 0 Å². The summed E-state index contributed by atoms with van der Waals surface area (Å²) in [5.74, 6) is -0.557. The second-order valence-corrected chi connectivity index (χ2v) is 6.22. The minimum absolute atomic E-state index is 0.195. The van der Waals surface area contributed by atoms with E-state index in [2.05, 4.69) is 21.2 Å². The van der Waals surface area contributed by atoms with Crippen LogP contribution < -0.4 is 5.32 Å². The summed E-state index contributed by atoms with van der Waals surface area (Å²) in [6.07, 6.45) is 7.37. The molecule has 0 aliphatic heterocycles. The second kappa shape index (κ2) is 8.49. The van der Waals surface area contributed by atoms with E-state index >= 15 is 0 Å². The summed E-state index contributed by atoms with van der Waals surface area (Å²) < 4.78 is 19.2. The van der Waals surface area contributed by atoms with Gasteiger partial charge < -0.3 is 10.1 Å². The van der Waals surface area contributed by atoms with E-state index in [-0.39, 0.29) is 11.7 Å². The smallest absolute Gasteiger partial charge is 0.252 e. The molecule has 2 rings (SSSR count). The van der Waals surface area contributed by atoms with Gasteiger partial charge in [0.15, 0.2) is 0 Å². The van der Waals surface area contributed by atoms with Gasteiger partial charge in [-0.25, -0.2) is 4.39 Å². The lowest BCUT2D eigenvalue weighted by atomic mass is 9.98. The number of carbonyl (C=O) groups excluding carboxylic acids is 1. The first-order valence-corrected chi connectivity index (χ1v) is 8.31. The minimum Gasteiger partial charge on any atom is -0.378 e. The molecule has 0 bridgehead atoms. The standard InChI is InChI=1S/C16H21BrFNO2/c17-15-11-12(18)7-8-14(15)16(20)19-9-4-10-21-13-5-2-1-3-6-13/h7-8,11,13H,1-6,9-10H2,(H,19,20). The summed E-state index contributed by atoms with van der Waals surface area (Å²) in [6.45, 7) is 1.24. The van der Waals surface area contributed by atoms with E-state index in [1.165, 1.54) is 37.5 Å². The molecule has 116 valence electrons. The third-order valence-electron chi connectivity index (χ3n) is 3.69. The molecule has 0 unspecified atom stereocenters. The summed E-state index contributed by atoms with van der Waals surface area (Å²) in [6, 6.07) is 4.06. The maximum Gasteiger partial charge on any atom is 0.252 e.